The van der Waals surface area contributed by atoms with Gasteiger partial charge in [0.05, 0.1) is 0 Å². The fourth-order valence-electron chi connectivity index (χ4n) is 3.12. The van der Waals surface area contributed by atoms with Crippen molar-refractivity contribution < 1.29 is 9.53 Å². The minimum atomic E-state index is 0.0108. The first-order valence-electron chi connectivity index (χ1n) is 9.33. The topological polar surface area (TPSA) is 29.5 Å². The molecule has 2 aromatic rings. The van der Waals surface area contributed by atoms with Crippen LogP contribution in [0, 0.1) is 0 Å². The molecule has 1 atom stereocenters. The average Bonchev–Trinajstić information content (AvgIpc) is 3.18. The highest BCUT2D eigenvalue weighted by atomic mass is 32.2. The van der Waals surface area contributed by atoms with Gasteiger partial charge in [-0.25, -0.2) is 0 Å². The van der Waals surface area contributed by atoms with Crippen LogP contribution in [0.25, 0.3) is 0 Å². The molecule has 138 valence electrons. The van der Waals surface area contributed by atoms with Crippen LogP contribution in [-0.2, 0) is 4.79 Å². The van der Waals surface area contributed by atoms with E-state index in [1.165, 1.54) is 24.2 Å². The molecule has 1 saturated heterocycles. The number of benzene rings is 2. The third-order valence-electron chi connectivity index (χ3n) is 4.69. The maximum Gasteiger partial charge on any atom is 0.264 e. The number of para-hydroxylation sites is 1. The number of thioether (sulfide) groups is 1. The number of carbonyl (C=O) groups is 1. The Morgan fingerprint density at radius 1 is 1.15 bits per heavy atom. The van der Waals surface area contributed by atoms with E-state index in [1.807, 2.05) is 59.1 Å². The van der Waals surface area contributed by atoms with Crippen LogP contribution in [0.3, 0.4) is 0 Å². The van der Waals surface area contributed by atoms with Crippen molar-refractivity contribution in [3.63, 3.8) is 0 Å². The van der Waals surface area contributed by atoms with Gasteiger partial charge in [0, 0.05) is 17.5 Å². The van der Waals surface area contributed by atoms with Gasteiger partial charge in [-0.2, -0.15) is 11.8 Å². The van der Waals surface area contributed by atoms with E-state index in [1.54, 1.807) is 0 Å². The van der Waals surface area contributed by atoms with Gasteiger partial charge in [-0.05, 0) is 54.3 Å². The number of carbonyl (C=O) groups excluding carboxylic acids is 1. The molecule has 0 spiro atoms. The lowest BCUT2D eigenvalue weighted by Gasteiger charge is -2.25. The van der Waals surface area contributed by atoms with Crippen molar-refractivity contribution in [2.75, 3.05) is 23.8 Å². The zero-order valence-corrected chi connectivity index (χ0v) is 16.4. The monoisotopic (exact) mass is 369 g/mol. The van der Waals surface area contributed by atoms with Crippen LogP contribution in [0.4, 0.5) is 5.69 Å². The molecule has 26 heavy (non-hydrogen) atoms. The lowest BCUT2D eigenvalue weighted by Crippen LogP contribution is -2.39. The van der Waals surface area contributed by atoms with E-state index in [9.17, 15) is 4.79 Å². The van der Waals surface area contributed by atoms with Crippen molar-refractivity contribution in [2.24, 2.45) is 0 Å². The molecule has 0 radical (unpaired) electrons. The first-order chi connectivity index (χ1) is 12.6. The molecule has 1 unspecified atom stereocenters. The third-order valence-corrected chi connectivity index (χ3v) is 6.07. The molecule has 1 heterocycles. The Morgan fingerprint density at radius 2 is 1.88 bits per heavy atom. The highest BCUT2D eigenvalue weighted by molar-refractivity contribution is 8.00. The Kier molecular flexibility index (Phi) is 6.62. The van der Waals surface area contributed by atoms with Crippen molar-refractivity contribution >= 4 is 23.4 Å². The normalized spacial score (nSPS) is 16.7. The van der Waals surface area contributed by atoms with Gasteiger partial charge in [-0.3, -0.25) is 4.79 Å². The number of ether oxygens (including phenoxy) is 1. The van der Waals surface area contributed by atoms with Crippen molar-refractivity contribution in [1.82, 2.24) is 0 Å². The lowest BCUT2D eigenvalue weighted by atomic mass is 10.0. The van der Waals surface area contributed by atoms with Crippen molar-refractivity contribution in [1.29, 1.82) is 0 Å². The highest BCUT2D eigenvalue weighted by Gasteiger charge is 2.23. The van der Waals surface area contributed by atoms with Crippen molar-refractivity contribution in [2.45, 2.75) is 37.9 Å². The van der Waals surface area contributed by atoms with Crippen LogP contribution in [0.2, 0.25) is 0 Å². The van der Waals surface area contributed by atoms with Crippen molar-refractivity contribution in [3.8, 4) is 5.75 Å². The van der Waals surface area contributed by atoms with Gasteiger partial charge in [0.1, 0.15) is 5.75 Å². The first kappa shape index (κ1) is 18.8. The molecular formula is C22H27NO2S. The van der Waals surface area contributed by atoms with E-state index in [0.29, 0.717) is 11.2 Å². The van der Waals surface area contributed by atoms with Crippen LogP contribution < -0.4 is 9.64 Å². The summed E-state index contributed by atoms with van der Waals surface area (Å²) in [4.78, 5) is 14.8. The molecule has 4 heteroatoms. The van der Waals surface area contributed by atoms with Crippen LogP contribution in [0.5, 0.6) is 5.75 Å². The fourth-order valence-corrected chi connectivity index (χ4v) is 4.38. The Hall–Kier alpha value is -1.94. The van der Waals surface area contributed by atoms with Gasteiger partial charge >= 0.3 is 0 Å². The summed E-state index contributed by atoms with van der Waals surface area (Å²) in [7, 11) is 0. The average molecular weight is 370 g/mol. The molecule has 1 aliphatic rings. The summed E-state index contributed by atoms with van der Waals surface area (Å²) in [6, 6.07) is 17.9. The Morgan fingerprint density at radius 3 is 2.50 bits per heavy atom. The maximum absolute atomic E-state index is 12.9. The summed E-state index contributed by atoms with van der Waals surface area (Å²) in [6.07, 6.45) is 2.42. The van der Waals surface area contributed by atoms with Gasteiger partial charge in [0.2, 0.25) is 0 Å². The largest absolute Gasteiger partial charge is 0.484 e. The molecule has 0 N–H and O–H groups in total. The molecule has 0 aliphatic carbocycles. The Bertz CT molecular complexity index is 694. The Balaban J connectivity index is 1.64. The van der Waals surface area contributed by atoms with E-state index < -0.39 is 0 Å². The lowest BCUT2D eigenvalue weighted by molar-refractivity contribution is -0.120. The van der Waals surface area contributed by atoms with Gasteiger partial charge in [-0.1, -0.05) is 44.2 Å². The molecule has 1 aliphatic heterocycles. The standard InChI is InChI=1S/C22H27NO2S/c1-17(2)18-10-12-20(13-11-18)25-16-22(24)23(15-21-9-6-14-26-21)19-7-4-3-5-8-19/h3-5,7-8,10-13,17,21H,6,9,14-16H2,1-2H3. The number of nitrogens with zero attached hydrogens (tertiary/aromatic N) is 1. The Labute approximate surface area is 160 Å². The van der Waals surface area contributed by atoms with Gasteiger partial charge in [0.15, 0.2) is 6.61 Å². The number of amides is 1. The van der Waals surface area contributed by atoms with Crippen LogP contribution in [-0.4, -0.2) is 30.1 Å². The molecule has 0 bridgehead atoms. The predicted molar refractivity (Wildman–Crippen MR) is 110 cm³/mol. The molecule has 2 aromatic carbocycles. The minimum absolute atomic E-state index is 0.0108. The SMILES string of the molecule is CC(C)c1ccc(OCC(=O)N(CC2CCCS2)c2ccccc2)cc1. The zero-order valence-electron chi connectivity index (χ0n) is 15.6. The summed E-state index contributed by atoms with van der Waals surface area (Å²) in [6.45, 7) is 5.15. The number of hydrogen-bond donors (Lipinski definition) is 0. The second-order valence-corrected chi connectivity index (χ2v) is 8.40. The first-order valence-corrected chi connectivity index (χ1v) is 10.4. The summed E-state index contributed by atoms with van der Waals surface area (Å²) < 4.78 is 5.77. The summed E-state index contributed by atoms with van der Waals surface area (Å²) in [5, 5.41) is 0.518. The van der Waals surface area contributed by atoms with E-state index in [2.05, 4.69) is 26.0 Å². The van der Waals surface area contributed by atoms with E-state index in [0.717, 1.165) is 18.0 Å². The summed E-state index contributed by atoms with van der Waals surface area (Å²) in [5.41, 5.74) is 2.22. The quantitative estimate of drug-likeness (QED) is 0.678. The molecule has 0 saturated carbocycles. The third kappa shape index (κ3) is 5.04. The fraction of sp³-hybridized carbons (Fsp3) is 0.409. The van der Waals surface area contributed by atoms with E-state index >= 15 is 0 Å². The molecule has 3 rings (SSSR count). The molecular weight excluding hydrogens is 342 g/mol. The van der Waals surface area contributed by atoms with E-state index in [4.69, 9.17) is 4.74 Å². The minimum Gasteiger partial charge on any atom is -0.484 e. The van der Waals surface area contributed by atoms with Crippen LogP contribution in [0.15, 0.2) is 54.6 Å². The van der Waals surface area contributed by atoms with E-state index in [-0.39, 0.29) is 12.5 Å². The number of rotatable bonds is 7. The second kappa shape index (κ2) is 9.13. The molecule has 0 aromatic heterocycles. The predicted octanol–water partition coefficient (Wildman–Crippen LogP) is 5.12. The molecule has 3 nitrogen and oxygen atoms in total. The number of anilines is 1. The number of hydrogen-bond acceptors (Lipinski definition) is 3. The van der Waals surface area contributed by atoms with Gasteiger partial charge in [0.25, 0.3) is 5.91 Å². The van der Waals surface area contributed by atoms with Gasteiger partial charge in [-0.15, -0.1) is 0 Å². The summed E-state index contributed by atoms with van der Waals surface area (Å²) >= 11 is 1.97. The molecule has 1 fully saturated rings. The smallest absolute Gasteiger partial charge is 0.264 e. The highest BCUT2D eigenvalue weighted by Crippen LogP contribution is 2.28. The van der Waals surface area contributed by atoms with Crippen molar-refractivity contribution in [3.05, 3.63) is 60.2 Å². The van der Waals surface area contributed by atoms with Crippen LogP contribution in [0.1, 0.15) is 38.2 Å². The second-order valence-electron chi connectivity index (χ2n) is 6.99. The molecule has 1 amide bonds. The van der Waals surface area contributed by atoms with Crippen LogP contribution >= 0.6 is 11.8 Å². The zero-order chi connectivity index (χ0) is 18.4. The van der Waals surface area contributed by atoms with Gasteiger partial charge < -0.3 is 9.64 Å². The maximum atomic E-state index is 12.9. The summed E-state index contributed by atoms with van der Waals surface area (Å²) in [5.74, 6) is 2.44.